The Labute approximate surface area is 204 Å². The summed E-state index contributed by atoms with van der Waals surface area (Å²) in [6, 6.07) is 18.5. The molecule has 0 unspecified atom stereocenters. The van der Waals surface area contributed by atoms with E-state index in [-0.39, 0.29) is 9.64 Å². The van der Waals surface area contributed by atoms with Crippen LogP contribution in [0.3, 0.4) is 0 Å². The van der Waals surface area contributed by atoms with Gasteiger partial charge in [-0.25, -0.2) is 3.89 Å². The molecule has 4 N–H and O–H groups in total. The third kappa shape index (κ3) is 5.24. The summed E-state index contributed by atoms with van der Waals surface area (Å²) in [5.41, 5.74) is 10.5. The molecule has 0 bridgehead atoms. The molecule has 184 valence electrons. The highest BCUT2D eigenvalue weighted by molar-refractivity contribution is 7.85. The molecule has 1 heterocycles. The predicted molar refractivity (Wildman–Crippen MR) is 138 cm³/mol. The van der Waals surface area contributed by atoms with E-state index >= 15 is 0 Å². The number of quaternary nitrogens is 1. The van der Waals surface area contributed by atoms with E-state index in [1.807, 2.05) is 25.2 Å². The number of sulfonamides is 1. The highest BCUT2D eigenvalue weighted by atomic mass is 32.2. The van der Waals surface area contributed by atoms with Gasteiger partial charge in [-0.2, -0.15) is 8.42 Å². The van der Waals surface area contributed by atoms with E-state index in [0.717, 1.165) is 42.6 Å². The molecule has 0 spiro atoms. The fourth-order valence-electron chi connectivity index (χ4n) is 5.61. The molecule has 1 saturated heterocycles. The van der Waals surface area contributed by atoms with E-state index in [0.29, 0.717) is 37.1 Å². The predicted octanol–water partition coefficient (Wildman–Crippen LogP) is 2.95. The van der Waals surface area contributed by atoms with Crippen molar-refractivity contribution in [3.8, 4) is 11.1 Å². The number of likely N-dealkylation sites (N-methyl/N-ethyl adjacent to an activating group) is 1. The van der Waals surface area contributed by atoms with E-state index in [1.165, 1.54) is 24.8 Å². The molecule has 34 heavy (non-hydrogen) atoms. The lowest BCUT2D eigenvalue weighted by Crippen LogP contribution is -2.59. The van der Waals surface area contributed by atoms with Gasteiger partial charge in [-0.1, -0.05) is 42.5 Å². The molecule has 2 aromatic carbocycles. The van der Waals surface area contributed by atoms with E-state index in [2.05, 4.69) is 41.0 Å². The molecule has 2 saturated carbocycles. The number of nitrogens with two attached hydrogens (primary N) is 1. The summed E-state index contributed by atoms with van der Waals surface area (Å²) < 4.78 is 26.5. The summed E-state index contributed by atoms with van der Waals surface area (Å²) in [6.07, 6.45) is 5.88. The average molecular weight is 484 g/mol. The molecule has 6 nitrogen and oxygen atoms in total. The lowest BCUT2D eigenvalue weighted by atomic mass is 9.92. The molecule has 1 aliphatic heterocycles. The number of hydrogen-bond acceptors (Lipinski definition) is 5. The van der Waals surface area contributed by atoms with Crippen molar-refractivity contribution in [1.82, 2.24) is 10.6 Å². The second kappa shape index (κ2) is 9.70. The van der Waals surface area contributed by atoms with Crippen LogP contribution in [-0.4, -0.2) is 63.7 Å². The Hall–Kier alpha value is -1.77. The van der Waals surface area contributed by atoms with E-state index in [1.54, 1.807) is 0 Å². The standard InChI is InChI=1S/C27H39N4O2S/c1-31(15-13-29-14-16-31)34(32,33)19-20-3-2-4-23(17-20)21-5-7-22(8-6-21)26-18-27(26)30-25-11-9-24(28)10-12-25/h2-8,17,24-27,29-30H,9-16,18-19,28H2,1H3/q+1/t24?,25?,26-,27+/m1/s1. The molecular weight excluding hydrogens is 444 g/mol. The van der Waals surface area contributed by atoms with Gasteiger partial charge in [0.05, 0.1) is 7.05 Å². The Bertz CT molecular complexity index is 1090. The minimum atomic E-state index is -3.28. The van der Waals surface area contributed by atoms with Crippen molar-refractivity contribution in [3.05, 3.63) is 59.7 Å². The summed E-state index contributed by atoms with van der Waals surface area (Å²) in [5, 5.41) is 7.11. The first-order valence-electron chi connectivity index (χ1n) is 12.8. The van der Waals surface area contributed by atoms with E-state index in [9.17, 15) is 8.42 Å². The van der Waals surface area contributed by atoms with Crippen LogP contribution in [0.4, 0.5) is 0 Å². The minimum Gasteiger partial charge on any atom is -0.328 e. The van der Waals surface area contributed by atoms with Crippen LogP contribution in [0.1, 0.15) is 49.1 Å². The van der Waals surface area contributed by atoms with E-state index in [4.69, 9.17) is 5.73 Å². The number of piperazine rings is 1. The summed E-state index contributed by atoms with van der Waals surface area (Å²) in [4.78, 5) is 0. The Morgan fingerprint density at radius 1 is 1.00 bits per heavy atom. The molecular formula is C27H39N4O2S+. The third-order valence-corrected chi connectivity index (χ3v) is 10.6. The van der Waals surface area contributed by atoms with Crippen molar-refractivity contribution < 1.29 is 12.3 Å². The third-order valence-electron chi connectivity index (χ3n) is 8.16. The van der Waals surface area contributed by atoms with Crippen LogP contribution in [0, 0.1) is 0 Å². The van der Waals surface area contributed by atoms with Gasteiger partial charge in [0.15, 0.2) is 0 Å². The van der Waals surface area contributed by atoms with Crippen molar-refractivity contribution in [2.45, 2.75) is 61.9 Å². The minimum absolute atomic E-state index is 0.0803. The maximum absolute atomic E-state index is 13.2. The van der Waals surface area contributed by atoms with Crippen molar-refractivity contribution in [2.24, 2.45) is 5.73 Å². The topological polar surface area (TPSA) is 84.2 Å². The van der Waals surface area contributed by atoms with Gasteiger partial charge in [-0.15, -0.1) is 0 Å². The van der Waals surface area contributed by atoms with Crippen molar-refractivity contribution in [2.75, 3.05) is 33.2 Å². The van der Waals surface area contributed by atoms with E-state index < -0.39 is 10.0 Å². The summed E-state index contributed by atoms with van der Waals surface area (Å²) in [7, 11) is -1.43. The Morgan fingerprint density at radius 2 is 1.71 bits per heavy atom. The van der Waals surface area contributed by atoms with Gasteiger partial charge < -0.3 is 16.4 Å². The zero-order valence-electron chi connectivity index (χ0n) is 20.2. The van der Waals surface area contributed by atoms with Crippen molar-refractivity contribution in [1.29, 1.82) is 0 Å². The Morgan fingerprint density at radius 3 is 2.41 bits per heavy atom. The average Bonchev–Trinajstić information content (AvgIpc) is 3.60. The SMILES string of the molecule is C[N+]1(S(=O)(=O)Cc2cccc(-c3ccc([C@H]4C[C@@H]4NC4CCC(N)CC4)cc3)c2)CCNCC1. The normalized spacial score (nSPS) is 29.0. The number of nitrogens with one attached hydrogen (secondary N) is 2. The molecule has 7 heteroatoms. The van der Waals surface area contributed by atoms with Gasteiger partial charge in [0.1, 0.15) is 18.8 Å². The van der Waals surface area contributed by atoms with Crippen molar-refractivity contribution >= 4 is 10.0 Å². The van der Waals surface area contributed by atoms with Crippen LogP contribution < -0.4 is 16.4 Å². The van der Waals surface area contributed by atoms with Gasteiger partial charge in [0.25, 0.3) is 0 Å². The van der Waals surface area contributed by atoms with Gasteiger partial charge >= 0.3 is 10.0 Å². The first kappa shape index (κ1) is 23.9. The molecule has 2 aromatic rings. The van der Waals surface area contributed by atoms with Crippen LogP contribution in [0.2, 0.25) is 0 Å². The molecule has 0 amide bonds. The number of nitrogens with zero attached hydrogens (tertiary/aromatic N) is 1. The Balaban J connectivity index is 1.22. The fourth-order valence-corrected chi connectivity index (χ4v) is 7.26. The molecule has 0 aromatic heterocycles. The highest BCUT2D eigenvalue weighted by Crippen LogP contribution is 2.42. The van der Waals surface area contributed by atoms with Gasteiger partial charge in [0.2, 0.25) is 0 Å². The quantitative estimate of drug-likeness (QED) is 0.528. The number of hydrogen-bond donors (Lipinski definition) is 3. The maximum Gasteiger partial charge on any atom is 0.301 e. The number of rotatable bonds is 7. The first-order chi connectivity index (χ1) is 16.3. The zero-order valence-corrected chi connectivity index (χ0v) is 21.1. The largest absolute Gasteiger partial charge is 0.328 e. The van der Waals surface area contributed by atoms with Crippen LogP contribution in [0.5, 0.6) is 0 Å². The molecule has 0 radical (unpaired) electrons. The highest BCUT2D eigenvalue weighted by Gasteiger charge is 2.40. The van der Waals surface area contributed by atoms with Crippen LogP contribution in [-0.2, 0) is 15.8 Å². The molecule has 5 rings (SSSR count). The van der Waals surface area contributed by atoms with Gasteiger partial charge in [-0.05, 0) is 60.4 Å². The zero-order chi connectivity index (χ0) is 23.8. The van der Waals surface area contributed by atoms with Gasteiger partial charge in [0, 0.05) is 37.1 Å². The lowest BCUT2D eigenvalue weighted by molar-refractivity contribution is -0.787. The molecule has 3 aliphatic rings. The molecule has 3 fully saturated rings. The van der Waals surface area contributed by atoms with Crippen LogP contribution >= 0.6 is 0 Å². The van der Waals surface area contributed by atoms with Crippen LogP contribution in [0.15, 0.2) is 48.5 Å². The molecule has 2 aliphatic carbocycles. The second-order valence-corrected chi connectivity index (χ2v) is 13.1. The number of benzene rings is 2. The summed E-state index contributed by atoms with van der Waals surface area (Å²) in [5.74, 6) is 0.682. The van der Waals surface area contributed by atoms with Crippen LogP contribution in [0.25, 0.3) is 11.1 Å². The Kier molecular flexibility index (Phi) is 6.84. The summed E-state index contributed by atoms with van der Waals surface area (Å²) >= 11 is 0. The van der Waals surface area contributed by atoms with Gasteiger partial charge in [-0.3, -0.25) is 0 Å². The summed E-state index contributed by atoms with van der Waals surface area (Å²) in [6.45, 7) is 2.73. The maximum atomic E-state index is 13.2. The first-order valence-corrected chi connectivity index (χ1v) is 14.4. The second-order valence-electron chi connectivity index (χ2n) is 10.8. The fraction of sp³-hybridized carbons (Fsp3) is 0.556. The smallest absolute Gasteiger partial charge is 0.301 e. The van der Waals surface area contributed by atoms with Crippen molar-refractivity contribution in [3.63, 3.8) is 0 Å². The molecule has 2 atom stereocenters. The monoisotopic (exact) mass is 483 g/mol. The lowest BCUT2D eigenvalue weighted by Gasteiger charge is -2.36.